The molecule has 0 saturated heterocycles. The van der Waals surface area contributed by atoms with Crippen LogP contribution in [-0.2, 0) is 14.3 Å². The molecule has 0 radical (unpaired) electrons. The van der Waals surface area contributed by atoms with Crippen molar-refractivity contribution in [1.82, 2.24) is 10.6 Å². The van der Waals surface area contributed by atoms with Crippen LogP contribution >= 0.6 is 11.6 Å². The molecule has 8 heteroatoms. The summed E-state index contributed by atoms with van der Waals surface area (Å²) in [6.45, 7) is 3.26. The molecule has 0 saturated carbocycles. The number of halogens is 1. The molecule has 1 aliphatic heterocycles. The Hall–Kier alpha value is -2.54. The summed E-state index contributed by atoms with van der Waals surface area (Å²) in [5.41, 5.74) is 0.735. The molecule has 0 aliphatic carbocycles. The molecule has 0 spiro atoms. The van der Waals surface area contributed by atoms with Gasteiger partial charge >= 0.3 is 18.0 Å². The molecule has 0 aromatic heterocycles. The van der Waals surface area contributed by atoms with Gasteiger partial charge in [0.25, 0.3) is 0 Å². The lowest BCUT2D eigenvalue weighted by Gasteiger charge is -2.26. The summed E-state index contributed by atoms with van der Waals surface area (Å²) in [4.78, 5) is 35.7. The number of ether oxygens (including phenoxy) is 2. The average molecular weight is 353 g/mol. The second-order valence-corrected chi connectivity index (χ2v) is 5.45. The van der Waals surface area contributed by atoms with Crippen LogP contribution in [0.2, 0.25) is 5.02 Å². The summed E-state index contributed by atoms with van der Waals surface area (Å²) < 4.78 is 10.2. The third kappa shape index (κ3) is 4.26. The molecule has 1 aliphatic rings. The van der Waals surface area contributed by atoms with Gasteiger partial charge in [-0.05, 0) is 38.1 Å². The van der Waals surface area contributed by atoms with Crippen LogP contribution in [0.5, 0.6) is 0 Å². The van der Waals surface area contributed by atoms with E-state index >= 15 is 0 Å². The van der Waals surface area contributed by atoms with Gasteiger partial charge in [-0.2, -0.15) is 0 Å². The minimum Gasteiger partial charge on any atom is -0.463 e. The Morgan fingerprint density at radius 3 is 2.46 bits per heavy atom. The molecule has 1 heterocycles. The van der Waals surface area contributed by atoms with Crippen LogP contribution in [0.1, 0.15) is 24.2 Å². The van der Waals surface area contributed by atoms with E-state index in [4.69, 9.17) is 21.1 Å². The van der Waals surface area contributed by atoms with Gasteiger partial charge in [0.05, 0.1) is 29.5 Å². The van der Waals surface area contributed by atoms with E-state index in [-0.39, 0.29) is 24.5 Å². The second kappa shape index (κ2) is 7.83. The highest BCUT2D eigenvalue weighted by atomic mass is 35.5. The predicted molar refractivity (Wildman–Crippen MR) is 86.5 cm³/mol. The van der Waals surface area contributed by atoms with Crippen LogP contribution < -0.4 is 10.6 Å². The van der Waals surface area contributed by atoms with Crippen molar-refractivity contribution in [3.05, 3.63) is 46.1 Å². The minimum absolute atomic E-state index is 0.195. The van der Waals surface area contributed by atoms with Crippen LogP contribution in [0.15, 0.2) is 35.5 Å². The maximum absolute atomic E-state index is 12.1. The molecule has 0 fully saturated rings. The molecule has 128 valence electrons. The monoisotopic (exact) mass is 352 g/mol. The fraction of sp³-hybridized carbons (Fsp3) is 0.312. The van der Waals surface area contributed by atoms with Crippen LogP contribution in [-0.4, -0.2) is 37.2 Å². The van der Waals surface area contributed by atoms with Crippen molar-refractivity contribution in [2.45, 2.75) is 19.9 Å². The Labute approximate surface area is 144 Å². The van der Waals surface area contributed by atoms with Crippen LogP contribution in [0.25, 0.3) is 0 Å². The largest absolute Gasteiger partial charge is 0.463 e. The lowest BCUT2D eigenvalue weighted by atomic mass is 10.0. The van der Waals surface area contributed by atoms with Gasteiger partial charge in [0.2, 0.25) is 0 Å². The maximum atomic E-state index is 12.1. The first-order valence-electron chi connectivity index (χ1n) is 7.32. The van der Waals surface area contributed by atoms with Gasteiger partial charge in [-0.1, -0.05) is 11.6 Å². The van der Waals surface area contributed by atoms with Crippen molar-refractivity contribution >= 4 is 29.6 Å². The molecule has 2 rings (SSSR count). The number of hydrogen-bond acceptors (Lipinski definition) is 5. The Kier molecular flexibility index (Phi) is 5.81. The first kappa shape index (κ1) is 17.8. The van der Waals surface area contributed by atoms with E-state index in [1.54, 1.807) is 26.0 Å². The van der Waals surface area contributed by atoms with E-state index in [9.17, 15) is 14.4 Å². The zero-order valence-electron chi connectivity index (χ0n) is 13.2. The van der Waals surface area contributed by atoms with Crippen molar-refractivity contribution in [1.29, 1.82) is 0 Å². The van der Waals surface area contributed by atoms with E-state index in [2.05, 4.69) is 10.6 Å². The summed E-state index contributed by atoms with van der Waals surface area (Å²) in [6.07, 6.45) is 0. The summed E-state index contributed by atoms with van der Waals surface area (Å²) in [6, 6.07) is 5.14. The fourth-order valence-corrected chi connectivity index (χ4v) is 2.33. The van der Waals surface area contributed by atoms with Crippen LogP contribution in [0, 0.1) is 0 Å². The number of carbonyl (C=O) groups excluding carboxylic acids is 3. The number of nitrogens with one attached hydrogen (secondary N) is 2. The Balaban J connectivity index is 2.15. The van der Waals surface area contributed by atoms with Gasteiger partial charge in [-0.25, -0.2) is 14.4 Å². The zero-order valence-corrected chi connectivity index (χ0v) is 14.0. The van der Waals surface area contributed by atoms with Crippen molar-refractivity contribution in [2.75, 3.05) is 13.2 Å². The van der Waals surface area contributed by atoms with Crippen LogP contribution in [0.3, 0.4) is 0 Å². The van der Waals surface area contributed by atoms with Gasteiger partial charge < -0.3 is 20.1 Å². The lowest BCUT2D eigenvalue weighted by Crippen LogP contribution is -2.50. The molecular weight excluding hydrogens is 336 g/mol. The number of carbonyl (C=O) groups is 3. The zero-order chi connectivity index (χ0) is 17.7. The average Bonchev–Trinajstić information content (AvgIpc) is 2.52. The minimum atomic E-state index is -0.595. The highest BCUT2D eigenvalue weighted by Crippen LogP contribution is 2.16. The summed E-state index contributed by atoms with van der Waals surface area (Å²) in [5.74, 6) is -1.17. The van der Waals surface area contributed by atoms with Crippen molar-refractivity contribution < 1.29 is 23.9 Å². The molecule has 2 N–H and O–H groups in total. The van der Waals surface area contributed by atoms with Crippen molar-refractivity contribution in [3.8, 4) is 0 Å². The molecular formula is C16H17ClN2O5. The molecule has 1 atom stereocenters. The summed E-state index contributed by atoms with van der Waals surface area (Å²) >= 11 is 5.77. The number of urea groups is 1. The molecule has 7 nitrogen and oxygen atoms in total. The summed E-state index contributed by atoms with van der Waals surface area (Å²) in [5, 5.41) is 5.54. The predicted octanol–water partition coefficient (Wildman–Crippen LogP) is 2.02. The van der Waals surface area contributed by atoms with Crippen molar-refractivity contribution in [3.63, 3.8) is 0 Å². The van der Waals surface area contributed by atoms with E-state index in [0.29, 0.717) is 10.6 Å². The third-order valence-corrected chi connectivity index (χ3v) is 3.54. The van der Waals surface area contributed by atoms with Crippen molar-refractivity contribution in [2.24, 2.45) is 0 Å². The lowest BCUT2D eigenvalue weighted by molar-refractivity contribution is -0.139. The normalized spacial score (nSPS) is 17.0. The smallest absolute Gasteiger partial charge is 0.338 e. The van der Waals surface area contributed by atoms with E-state index in [0.717, 1.165) is 0 Å². The van der Waals surface area contributed by atoms with E-state index < -0.39 is 24.0 Å². The van der Waals surface area contributed by atoms with Gasteiger partial charge in [0, 0.05) is 5.02 Å². The molecule has 2 amide bonds. The first-order chi connectivity index (χ1) is 11.4. The molecule has 0 unspecified atom stereocenters. The quantitative estimate of drug-likeness (QED) is 0.791. The highest BCUT2D eigenvalue weighted by Gasteiger charge is 2.30. The Morgan fingerprint density at radius 1 is 1.17 bits per heavy atom. The van der Waals surface area contributed by atoms with Gasteiger partial charge in [0.1, 0.15) is 6.61 Å². The van der Waals surface area contributed by atoms with Gasteiger partial charge in [-0.15, -0.1) is 0 Å². The number of benzene rings is 1. The second-order valence-electron chi connectivity index (χ2n) is 5.02. The number of amides is 2. The van der Waals surface area contributed by atoms with Crippen LogP contribution in [0.4, 0.5) is 4.79 Å². The van der Waals surface area contributed by atoms with Gasteiger partial charge in [0.15, 0.2) is 0 Å². The van der Waals surface area contributed by atoms with E-state index in [1.165, 1.54) is 12.1 Å². The molecule has 1 aromatic carbocycles. The summed E-state index contributed by atoms with van der Waals surface area (Å²) in [7, 11) is 0. The number of esters is 2. The van der Waals surface area contributed by atoms with Gasteiger partial charge in [-0.3, -0.25) is 0 Å². The maximum Gasteiger partial charge on any atom is 0.338 e. The SMILES string of the molecule is CCOC(=O)C1=C(COC(=O)c2ccc(Cl)cc2)NC(=O)N[C@H]1C. The first-order valence-corrected chi connectivity index (χ1v) is 7.70. The fourth-order valence-electron chi connectivity index (χ4n) is 2.20. The highest BCUT2D eigenvalue weighted by molar-refractivity contribution is 6.30. The molecule has 1 aromatic rings. The number of hydrogen-bond donors (Lipinski definition) is 2. The van der Waals surface area contributed by atoms with E-state index in [1.807, 2.05) is 0 Å². The standard InChI is InChI=1S/C16H17ClN2O5/c1-3-23-15(21)13-9(2)18-16(22)19-12(13)8-24-14(20)10-4-6-11(17)7-5-10/h4-7,9H,3,8H2,1-2H3,(H2,18,19,22)/t9-/m0/s1. The third-order valence-electron chi connectivity index (χ3n) is 3.29. The topological polar surface area (TPSA) is 93.7 Å². The molecule has 0 bridgehead atoms. The number of rotatable bonds is 5. The molecule has 24 heavy (non-hydrogen) atoms. The Morgan fingerprint density at radius 2 is 1.83 bits per heavy atom. The Bertz CT molecular complexity index is 684.